The Bertz CT molecular complexity index is 732. The molecule has 1 fully saturated rings. The number of para-hydroxylation sites is 1. The van der Waals surface area contributed by atoms with E-state index in [0.29, 0.717) is 12.4 Å². The number of methoxy groups -OCH3 is 1. The summed E-state index contributed by atoms with van der Waals surface area (Å²) in [5, 5.41) is 5.81. The molecule has 0 atom stereocenters. The zero-order valence-corrected chi connectivity index (χ0v) is 14.9. The van der Waals surface area contributed by atoms with Crippen molar-refractivity contribution in [2.75, 3.05) is 38.7 Å². The standard InChI is InChI=1S/C19H24N4O3/c1-25-18-12-15(6-7-20-18)13-21-19(24)22-17-5-3-2-4-16(17)14-23-8-10-26-11-9-23/h2-7,12H,8-11,13-14H2,1H3,(H2,21,22,24). The summed E-state index contributed by atoms with van der Waals surface area (Å²) < 4.78 is 10.5. The number of aromatic nitrogens is 1. The third-order valence-electron chi connectivity index (χ3n) is 4.22. The van der Waals surface area contributed by atoms with Crippen molar-refractivity contribution in [1.82, 2.24) is 15.2 Å². The summed E-state index contributed by atoms with van der Waals surface area (Å²) in [5.74, 6) is 0.528. The van der Waals surface area contributed by atoms with Gasteiger partial charge in [0.25, 0.3) is 0 Å². The van der Waals surface area contributed by atoms with Crippen LogP contribution in [0.2, 0.25) is 0 Å². The van der Waals surface area contributed by atoms with Gasteiger partial charge in [0.1, 0.15) is 0 Å². The predicted molar refractivity (Wildman–Crippen MR) is 99.2 cm³/mol. The van der Waals surface area contributed by atoms with Crippen LogP contribution in [-0.2, 0) is 17.8 Å². The summed E-state index contributed by atoms with van der Waals surface area (Å²) in [6, 6.07) is 11.3. The summed E-state index contributed by atoms with van der Waals surface area (Å²) in [4.78, 5) is 18.7. The molecule has 0 radical (unpaired) electrons. The number of rotatable bonds is 6. The van der Waals surface area contributed by atoms with Crippen molar-refractivity contribution >= 4 is 11.7 Å². The van der Waals surface area contributed by atoms with Crippen molar-refractivity contribution in [2.24, 2.45) is 0 Å². The van der Waals surface area contributed by atoms with Crippen LogP contribution in [0.4, 0.5) is 10.5 Å². The van der Waals surface area contributed by atoms with Gasteiger partial charge in [0, 0.05) is 44.1 Å². The summed E-state index contributed by atoms with van der Waals surface area (Å²) >= 11 is 0. The van der Waals surface area contributed by atoms with Crippen LogP contribution in [0.15, 0.2) is 42.6 Å². The molecule has 1 aliphatic rings. The minimum atomic E-state index is -0.241. The molecule has 1 aliphatic heterocycles. The predicted octanol–water partition coefficient (Wildman–Crippen LogP) is 2.24. The van der Waals surface area contributed by atoms with Crippen LogP contribution in [0.3, 0.4) is 0 Å². The van der Waals surface area contributed by atoms with E-state index < -0.39 is 0 Å². The molecule has 2 aromatic rings. The Morgan fingerprint density at radius 2 is 2.08 bits per heavy atom. The van der Waals surface area contributed by atoms with Crippen molar-refractivity contribution < 1.29 is 14.3 Å². The first-order chi connectivity index (χ1) is 12.7. The van der Waals surface area contributed by atoms with Gasteiger partial charge >= 0.3 is 6.03 Å². The van der Waals surface area contributed by atoms with E-state index >= 15 is 0 Å². The molecule has 2 N–H and O–H groups in total. The zero-order valence-electron chi connectivity index (χ0n) is 14.9. The average molecular weight is 356 g/mol. The Labute approximate surface area is 153 Å². The maximum absolute atomic E-state index is 12.3. The van der Waals surface area contributed by atoms with Gasteiger partial charge < -0.3 is 20.1 Å². The van der Waals surface area contributed by atoms with E-state index in [0.717, 1.165) is 49.7 Å². The lowest BCUT2D eigenvalue weighted by molar-refractivity contribution is 0.0343. The third kappa shape index (κ3) is 5.18. The smallest absolute Gasteiger partial charge is 0.319 e. The summed E-state index contributed by atoms with van der Waals surface area (Å²) in [5.41, 5.74) is 2.84. The highest BCUT2D eigenvalue weighted by Gasteiger charge is 2.13. The minimum absolute atomic E-state index is 0.241. The Morgan fingerprint density at radius 3 is 2.88 bits per heavy atom. The monoisotopic (exact) mass is 356 g/mol. The highest BCUT2D eigenvalue weighted by atomic mass is 16.5. The van der Waals surface area contributed by atoms with Gasteiger partial charge in [0.15, 0.2) is 0 Å². The van der Waals surface area contributed by atoms with Gasteiger partial charge in [-0.1, -0.05) is 18.2 Å². The molecule has 1 saturated heterocycles. The van der Waals surface area contributed by atoms with Crippen LogP contribution in [0.5, 0.6) is 5.88 Å². The van der Waals surface area contributed by atoms with Crippen molar-refractivity contribution in [3.8, 4) is 5.88 Å². The highest BCUT2D eigenvalue weighted by Crippen LogP contribution is 2.18. The number of nitrogens with one attached hydrogen (secondary N) is 2. The van der Waals surface area contributed by atoms with Gasteiger partial charge in [-0.3, -0.25) is 4.90 Å². The van der Waals surface area contributed by atoms with Crippen LogP contribution in [0.1, 0.15) is 11.1 Å². The Kier molecular flexibility index (Phi) is 6.40. The Balaban J connectivity index is 1.56. The van der Waals surface area contributed by atoms with Gasteiger partial charge in [-0.05, 0) is 23.3 Å². The normalized spacial score (nSPS) is 14.7. The summed E-state index contributed by atoms with van der Waals surface area (Å²) in [6.07, 6.45) is 1.66. The topological polar surface area (TPSA) is 75.7 Å². The number of nitrogens with zero attached hydrogens (tertiary/aromatic N) is 2. The number of carbonyl (C=O) groups excluding carboxylic acids is 1. The fourth-order valence-electron chi connectivity index (χ4n) is 2.80. The average Bonchev–Trinajstić information content (AvgIpc) is 2.69. The number of benzene rings is 1. The number of pyridine rings is 1. The lowest BCUT2D eigenvalue weighted by Crippen LogP contribution is -2.36. The molecule has 0 spiro atoms. The van der Waals surface area contributed by atoms with Crippen LogP contribution in [-0.4, -0.2) is 49.3 Å². The first-order valence-corrected chi connectivity index (χ1v) is 8.66. The molecule has 3 rings (SSSR count). The Morgan fingerprint density at radius 1 is 1.27 bits per heavy atom. The molecule has 0 unspecified atom stereocenters. The quantitative estimate of drug-likeness (QED) is 0.830. The number of amides is 2. The van der Waals surface area contributed by atoms with Crippen LogP contribution in [0.25, 0.3) is 0 Å². The van der Waals surface area contributed by atoms with Crippen molar-refractivity contribution in [2.45, 2.75) is 13.1 Å². The molecular weight excluding hydrogens is 332 g/mol. The minimum Gasteiger partial charge on any atom is -0.481 e. The maximum atomic E-state index is 12.3. The van der Waals surface area contributed by atoms with Crippen molar-refractivity contribution in [3.63, 3.8) is 0 Å². The lowest BCUT2D eigenvalue weighted by atomic mass is 10.1. The van der Waals surface area contributed by atoms with Gasteiger partial charge in [0.05, 0.1) is 20.3 Å². The zero-order chi connectivity index (χ0) is 18.2. The molecule has 0 bridgehead atoms. The van der Waals surface area contributed by atoms with Crippen molar-refractivity contribution in [1.29, 1.82) is 0 Å². The Hall–Kier alpha value is -2.64. The van der Waals surface area contributed by atoms with E-state index in [1.54, 1.807) is 19.4 Å². The first-order valence-electron chi connectivity index (χ1n) is 8.66. The van der Waals surface area contributed by atoms with E-state index in [2.05, 4.69) is 20.5 Å². The van der Waals surface area contributed by atoms with Gasteiger partial charge in [-0.2, -0.15) is 0 Å². The summed E-state index contributed by atoms with van der Waals surface area (Å²) in [7, 11) is 1.57. The van der Waals surface area contributed by atoms with E-state index in [-0.39, 0.29) is 6.03 Å². The van der Waals surface area contributed by atoms with Gasteiger partial charge in [0.2, 0.25) is 5.88 Å². The SMILES string of the molecule is COc1cc(CNC(=O)Nc2ccccc2CN2CCOCC2)ccn1. The molecule has 2 amide bonds. The molecule has 138 valence electrons. The third-order valence-corrected chi connectivity index (χ3v) is 4.22. The van der Waals surface area contributed by atoms with E-state index in [1.807, 2.05) is 30.3 Å². The molecule has 26 heavy (non-hydrogen) atoms. The largest absolute Gasteiger partial charge is 0.481 e. The second kappa shape index (κ2) is 9.17. The molecule has 1 aromatic carbocycles. The second-order valence-corrected chi connectivity index (χ2v) is 6.06. The number of hydrogen-bond donors (Lipinski definition) is 2. The molecule has 7 heteroatoms. The van der Waals surface area contributed by atoms with Crippen LogP contribution in [0, 0.1) is 0 Å². The van der Waals surface area contributed by atoms with Crippen LogP contribution < -0.4 is 15.4 Å². The number of ether oxygens (including phenoxy) is 2. The number of urea groups is 1. The summed E-state index contributed by atoms with van der Waals surface area (Å²) in [6.45, 7) is 4.52. The van der Waals surface area contributed by atoms with Gasteiger partial charge in [-0.15, -0.1) is 0 Å². The molecule has 2 heterocycles. The van der Waals surface area contributed by atoms with Gasteiger partial charge in [-0.25, -0.2) is 9.78 Å². The first kappa shape index (κ1) is 18.2. The van der Waals surface area contributed by atoms with E-state index in [1.165, 1.54) is 0 Å². The number of carbonyl (C=O) groups is 1. The number of anilines is 1. The van der Waals surface area contributed by atoms with E-state index in [4.69, 9.17) is 9.47 Å². The van der Waals surface area contributed by atoms with Crippen molar-refractivity contribution in [3.05, 3.63) is 53.7 Å². The molecule has 0 saturated carbocycles. The number of hydrogen-bond acceptors (Lipinski definition) is 5. The molecule has 1 aromatic heterocycles. The highest BCUT2D eigenvalue weighted by molar-refractivity contribution is 5.90. The lowest BCUT2D eigenvalue weighted by Gasteiger charge is -2.27. The van der Waals surface area contributed by atoms with E-state index in [9.17, 15) is 4.79 Å². The fraction of sp³-hybridized carbons (Fsp3) is 0.368. The number of morpholine rings is 1. The molecule has 0 aliphatic carbocycles. The molecular formula is C19H24N4O3. The fourth-order valence-corrected chi connectivity index (χ4v) is 2.80. The second-order valence-electron chi connectivity index (χ2n) is 6.06. The molecule has 7 nitrogen and oxygen atoms in total. The maximum Gasteiger partial charge on any atom is 0.319 e. The van der Waals surface area contributed by atoms with Crippen LogP contribution >= 0.6 is 0 Å².